The molecule has 1 aromatic heterocycles. The first-order valence-electron chi connectivity index (χ1n) is 9.34. The van der Waals surface area contributed by atoms with E-state index in [2.05, 4.69) is 0 Å². The standard InChI is InChI=1S/C21H22N2O4S/c1-2-26-19-10-6-5-9-18(19)23-20(24)16-7-3-4-8-17(16)22-21(23)28-13-15-11-12-25-14-27-15/h3-10,15H,2,11-14H2,1H3/t15-/m0/s1. The third-order valence-corrected chi connectivity index (χ3v) is 5.59. The lowest BCUT2D eigenvalue weighted by Crippen LogP contribution is -2.27. The first kappa shape index (κ1) is 19.0. The second kappa shape index (κ2) is 8.77. The van der Waals surface area contributed by atoms with Crippen molar-refractivity contribution in [1.29, 1.82) is 0 Å². The van der Waals surface area contributed by atoms with Crippen molar-refractivity contribution in [3.05, 3.63) is 58.9 Å². The molecular formula is C21H22N2O4S. The fourth-order valence-corrected chi connectivity index (χ4v) is 4.21. The Morgan fingerprint density at radius 2 is 2.04 bits per heavy atom. The van der Waals surface area contributed by atoms with Crippen LogP contribution in [0.15, 0.2) is 58.5 Å². The molecule has 0 unspecified atom stereocenters. The molecule has 1 aliphatic rings. The molecule has 146 valence electrons. The van der Waals surface area contributed by atoms with Gasteiger partial charge in [0.1, 0.15) is 12.5 Å². The molecule has 0 aliphatic carbocycles. The minimum absolute atomic E-state index is 0.0812. The van der Waals surface area contributed by atoms with Gasteiger partial charge in [-0.2, -0.15) is 0 Å². The van der Waals surface area contributed by atoms with E-state index in [9.17, 15) is 4.79 Å². The number of aromatic nitrogens is 2. The van der Waals surface area contributed by atoms with Gasteiger partial charge in [0.05, 0.1) is 35.9 Å². The number of para-hydroxylation sites is 3. The molecule has 4 rings (SSSR count). The van der Waals surface area contributed by atoms with E-state index >= 15 is 0 Å². The zero-order valence-corrected chi connectivity index (χ0v) is 16.5. The largest absolute Gasteiger partial charge is 0.492 e. The van der Waals surface area contributed by atoms with Crippen molar-refractivity contribution in [2.45, 2.75) is 24.6 Å². The molecule has 6 nitrogen and oxygen atoms in total. The summed E-state index contributed by atoms with van der Waals surface area (Å²) in [6, 6.07) is 15.0. The third-order valence-electron chi connectivity index (χ3n) is 4.52. The highest BCUT2D eigenvalue weighted by molar-refractivity contribution is 7.99. The lowest BCUT2D eigenvalue weighted by Gasteiger charge is -2.23. The van der Waals surface area contributed by atoms with Gasteiger partial charge >= 0.3 is 0 Å². The van der Waals surface area contributed by atoms with Gasteiger partial charge in [0.2, 0.25) is 0 Å². The van der Waals surface area contributed by atoms with E-state index < -0.39 is 0 Å². The maximum Gasteiger partial charge on any atom is 0.266 e. The number of fused-ring (bicyclic) bond motifs is 1. The average Bonchev–Trinajstić information content (AvgIpc) is 2.74. The first-order valence-corrected chi connectivity index (χ1v) is 10.3. The molecule has 0 radical (unpaired) electrons. The maximum absolute atomic E-state index is 13.4. The van der Waals surface area contributed by atoms with Crippen molar-refractivity contribution in [2.24, 2.45) is 0 Å². The predicted octanol–water partition coefficient (Wildman–Crippen LogP) is 3.64. The van der Waals surface area contributed by atoms with Crippen molar-refractivity contribution >= 4 is 22.7 Å². The summed E-state index contributed by atoms with van der Waals surface area (Å²) in [4.78, 5) is 18.1. The number of hydrogen-bond acceptors (Lipinski definition) is 6. The summed E-state index contributed by atoms with van der Waals surface area (Å²) in [5.41, 5.74) is 1.28. The smallest absolute Gasteiger partial charge is 0.266 e. The first-order chi connectivity index (χ1) is 13.8. The van der Waals surface area contributed by atoms with Crippen molar-refractivity contribution in [1.82, 2.24) is 9.55 Å². The second-order valence-corrected chi connectivity index (χ2v) is 7.35. The molecule has 28 heavy (non-hydrogen) atoms. The molecule has 1 fully saturated rings. The van der Waals surface area contributed by atoms with Gasteiger partial charge in [-0.25, -0.2) is 4.98 Å². The zero-order chi connectivity index (χ0) is 19.3. The third kappa shape index (κ3) is 3.92. The van der Waals surface area contributed by atoms with Crippen LogP contribution in [0.3, 0.4) is 0 Å². The lowest BCUT2D eigenvalue weighted by molar-refractivity contribution is -0.130. The highest BCUT2D eigenvalue weighted by atomic mass is 32.2. The number of rotatable bonds is 6. The van der Waals surface area contributed by atoms with E-state index in [1.54, 1.807) is 10.6 Å². The van der Waals surface area contributed by atoms with Crippen molar-refractivity contribution in [3.8, 4) is 11.4 Å². The van der Waals surface area contributed by atoms with Crippen LogP contribution in [0, 0.1) is 0 Å². The summed E-state index contributed by atoms with van der Waals surface area (Å²) < 4.78 is 18.3. The Morgan fingerprint density at radius 3 is 2.86 bits per heavy atom. The molecular weight excluding hydrogens is 376 g/mol. The van der Waals surface area contributed by atoms with Crippen molar-refractivity contribution in [3.63, 3.8) is 0 Å². The Morgan fingerprint density at radius 1 is 1.21 bits per heavy atom. The minimum atomic E-state index is -0.104. The van der Waals surface area contributed by atoms with Gasteiger partial charge in [0.25, 0.3) is 5.56 Å². The Labute approximate surface area is 167 Å². The Hall–Kier alpha value is -2.35. The van der Waals surface area contributed by atoms with Crippen LogP contribution in [0.2, 0.25) is 0 Å². The lowest BCUT2D eigenvalue weighted by atomic mass is 10.2. The van der Waals surface area contributed by atoms with E-state index in [1.165, 1.54) is 11.8 Å². The van der Waals surface area contributed by atoms with Crippen LogP contribution in [0.5, 0.6) is 5.75 Å². The number of hydrogen-bond donors (Lipinski definition) is 0. The molecule has 0 bridgehead atoms. The Balaban J connectivity index is 1.81. The van der Waals surface area contributed by atoms with E-state index in [1.807, 2.05) is 49.4 Å². The maximum atomic E-state index is 13.4. The summed E-state index contributed by atoms with van der Waals surface area (Å²) in [7, 11) is 0. The van der Waals surface area contributed by atoms with Gasteiger partial charge in [-0.05, 0) is 37.6 Å². The average molecular weight is 398 g/mol. The van der Waals surface area contributed by atoms with Crippen LogP contribution in [-0.2, 0) is 9.47 Å². The van der Waals surface area contributed by atoms with Crippen LogP contribution in [0.25, 0.3) is 16.6 Å². The number of benzene rings is 2. The molecule has 0 amide bonds. The second-order valence-electron chi connectivity index (χ2n) is 6.37. The van der Waals surface area contributed by atoms with Gasteiger partial charge in [0, 0.05) is 5.75 Å². The fourth-order valence-electron chi connectivity index (χ4n) is 3.14. The van der Waals surface area contributed by atoms with Crippen molar-refractivity contribution < 1.29 is 14.2 Å². The summed E-state index contributed by atoms with van der Waals surface area (Å²) in [6.07, 6.45) is 0.915. The zero-order valence-electron chi connectivity index (χ0n) is 15.7. The van der Waals surface area contributed by atoms with E-state index in [0.717, 1.165) is 6.42 Å². The van der Waals surface area contributed by atoms with E-state index in [0.29, 0.717) is 53.3 Å². The summed E-state index contributed by atoms with van der Waals surface area (Å²) in [6.45, 7) is 3.45. The SMILES string of the molecule is CCOc1ccccc1-n1c(SC[C@@H]2CCOCO2)nc2ccccc2c1=O. The molecule has 1 aliphatic heterocycles. The molecule has 1 saturated heterocycles. The highest BCUT2D eigenvalue weighted by Gasteiger charge is 2.19. The van der Waals surface area contributed by atoms with Crippen molar-refractivity contribution in [2.75, 3.05) is 25.8 Å². The normalized spacial score (nSPS) is 17.0. The van der Waals surface area contributed by atoms with E-state index in [4.69, 9.17) is 19.2 Å². The molecule has 0 saturated carbocycles. The van der Waals surface area contributed by atoms with Crippen LogP contribution >= 0.6 is 11.8 Å². The van der Waals surface area contributed by atoms with Gasteiger partial charge in [-0.3, -0.25) is 9.36 Å². The molecule has 7 heteroatoms. The van der Waals surface area contributed by atoms with Gasteiger partial charge in [-0.1, -0.05) is 36.0 Å². The molecule has 3 aromatic rings. The molecule has 0 N–H and O–H groups in total. The monoisotopic (exact) mass is 398 g/mol. The van der Waals surface area contributed by atoms with Gasteiger partial charge in [-0.15, -0.1) is 0 Å². The summed E-state index contributed by atoms with van der Waals surface area (Å²) in [5, 5.41) is 1.21. The number of nitrogens with zero attached hydrogens (tertiary/aromatic N) is 2. The van der Waals surface area contributed by atoms with E-state index in [-0.39, 0.29) is 11.7 Å². The van der Waals surface area contributed by atoms with Crippen LogP contribution in [-0.4, -0.2) is 41.4 Å². The van der Waals surface area contributed by atoms with Crippen LogP contribution in [0.4, 0.5) is 0 Å². The Bertz CT molecular complexity index is 1010. The topological polar surface area (TPSA) is 62.6 Å². The molecule has 1 atom stereocenters. The summed E-state index contributed by atoms with van der Waals surface area (Å²) in [5.74, 6) is 1.36. The molecule has 2 heterocycles. The summed E-state index contributed by atoms with van der Waals surface area (Å²) >= 11 is 1.52. The van der Waals surface area contributed by atoms with Crippen LogP contribution < -0.4 is 10.3 Å². The predicted molar refractivity (Wildman–Crippen MR) is 110 cm³/mol. The van der Waals surface area contributed by atoms with Crippen LogP contribution in [0.1, 0.15) is 13.3 Å². The Kier molecular flexibility index (Phi) is 5.95. The quantitative estimate of drug-likeness (QED) is 0.467. The fraction of sp³-hybridized carbons (Fsp3) is 0.333. The van der Waals surface area contributed by atoms with Gasteiger partial charge < -0.3 is 14.2 Å². The number of ether oxygens (including phenoxy) is 3. The minimum Gasteiger partial charge on any atom is -0.492 e. The molecule has 2 aromatic carbocycles. The van der Waals surface area contributed by atoms with Gasteiger partial charge in [0.15, 0.2) is 5.16 Å². The highest BCUT2D eigenvalue weighted by Crippen LogP contribution is 2.28. The molecule has 0 spiro atoms. The number of thioether (sulfide) groups is 1.